The van der Waals surface area contributed by atoms with Crippen LogP contribution in [0.3, 0.4) is 0 Å². The quantitative estimate of drug-likeness (QED) is 0.191. The molecular weight excluding hydrogens is 1080 g/mol. The van der Waals surface area contributed by atoms with Gasteiger partial charge in [0.15, 0.2) is 0 Å². The van der Waals surface area contributed by atoms with E-state index in [1.165, 1.54) is 0 Å². The summed E-state index contributed by atoms with van der Waals surface area (Å²) >= 11 is 0. The summed E-state index contributed by atoms with van der Waals surface area (Å²) in [5.74, 6) is 0. The van der Waals surface area contributed by atoms with E-state index in [1.54, 1.807) is 0 Å². The molecule has 0 unspecified atom stereocenters. The van der Waals surface area contributed by atoms with Gasteiger partial charge in [-0.05, 0) is 0 Å². The molecule has 0 aliphatic rings. The van der Waals surface area contributed by atoms with E-state index in [9.17, 15) is 0 Å². The predicted molar refractivity (Wildman–Crippen MR) is 36.0 cm³/mol. The van der Waals surface area contributed by atoms with E-state index in [4.69, 9.17) is 12.0 Å². The fourth-order valence-electron chi connectivity index (χ4n) is 0.0718. The zero-order chi connectivity index (χ0) is 4.83. The first-order valence-electron chi connectivity index (χ1n) is 1.34. The first-order valence-corrected chi connectivity index (χ1v) is 1.34. The van der Waals surface area contributed by atoms with Crippen molar-refractivity contribution in [3.63, 3.8) is 0 Å². The molecule has 0 heterocycles. The molecule has 0 amide bonds. The molecule has 0 fully saturated rings. The van der Waals surface area contributed by atoms with Crippen molar-refractivity contribution in [2.75, 3.05) is 0 Å². The Morgan fingerprint density at radius 1 is 0.579 bits per heavy atom. The Labute approximate surface area is 396 Å². The zero-order valence-corrected chi connectivity index (χ0v) is 40.7. The number of rotatable bonds is 2. The van der Waals surface area contributed by atoms with E-state index in [0.29, 0.717) is 0 Å². The van der Waals surface area contributed by atoms with Gasteiger partial charge < -0.3 is 6.58 Å². The van der Waals surface area contributed by atoms with E-state index < -0.39 is 0 Å². The van der Waals surface area contributed by atoms with Crippen LogP contribution in [-0.4, -0.2) is 6.34 Å². The summed E-state index contributed by atoms with van der Waals surface area (Å²) in [6, 6.07) is 0. The number of nitrogens with one attached hydrogen (secondary N) is 1. The molecule has 0 rings (SSSR count). The van der Waals surface area contributed by atoms with Crippen LogP contribution in [-0.2, 0) is 360 Å². The van der Waals surface area contributed by atoms with E-state index in [0.717, 1.165) is 12.5 Å². The molecular formula is C5H12N3Y11-. The number of hydrogen-bond donors (Lipinski definition) is 1. The Balaban J connectivity index is -0.00000000160. The molecule has 14 heteroatoms. The van der Waals surface area contributed by atoms with Gasteiger partial charge in [0.05, 0.1) is 0 Å². The fourth-order valence-corrected chi connectivity index (χ4v) is 0.0718. The SMILES string of the molecule is C.C.[CH-]=CN=NC=N.[Y].[Y].[Y].[Y].[Y].[Y].[Y].[Y].[Y].[Y].[Y]. The second-order valence-corrected chi connectivity index (χ2v) is 0.509. The molecule has 3 nitrogen and oxygen atoms in total. The van der Waals surface area contributed by atoms with Crippen LogP contribution < -0.4 is 0 Å². The fraction of sp³-hybridized carbons (Fsp3) is 0.400. The molecule has 0 aromatic carbocycles. The predicted octanol–water partition coefficient (Wildman–Crippen LogP) is 2.24. The third-order valence-corrected chi connectivity index (χ3v) is 0.191. The zero-order valence-electron chi connectivity index (χ0n) is 9.48. The standard InChI is InChI=1S/C3H4N3.2CH4.11Y/c1-2-5-6-3-4;;;;;;;;;;;;;/h1-4H;2*1H4;;;;;;;;;;;/q-1;;;;;;;;;;;;;. The van der Waals surface area contributed by atoms with Crippen LogP contribution in [0.15, 0.2) is 16.4 Å². The molecule has 0 aliphatic heterocycles. The van der Waals surface area contributed by atoms with Crippen molar-refractivity contribution in [1.82, 2.24) is 0 Å². The third kappa shape index (κ3) is 107. The molecule has 0 saturated carbocycles. The van der Waals surface area contributed by atoms with Gasteiger partial charge in [-0.25, -0.2) is 0 Å². The van der Waals surface area contributed by atoms with Crippen molar-refractivity contribution < 1.29 is 360 Å². The maximum absolute atomic E-state index is 6.24. The summed E-state index contributed by atoms with van der Waals surface area (Å²) in [6.07, 6.45) is 1.83. The monoisotopic (exact) mass is 1090 g/mol. The van der Waals surface area contributed by atoms with Crippen LogP contribution in [0.2, 0.25) is 0 Å². The second kappa shape index (κ2) is 101. The van der Waals surface area contributed by atoms with Crippen molar-refractivity contribution in [3.8, 4) is 0 Å². The van der Waals surface area contributed by atoms with E-state index in [2.05, 4.69) is 10.2 Å². The van der Waals surface area contributed by atoms with Crippen LogP contribution in [0.1, 0.15) is 14.9 Å². The van der Waals surface area contributed by atoms with Crippen molar-refractivity contribution in [3.05, 3.63) is 12.8 Å². The molecule has 0 aliphatic carbocycles. The average molecular weight is 1090 g/mol. The van der Waals surface area contributed by atoms with Crippen LogP contribution in [0, 0.1) is 12.0 Å². The Bertz CT molecular complexity index is 84.4. The van der Waals surface area contributed by atoms with Gasteiger partial charge in [-0.1, -0.05) is 14.9 Å². The molecule has 0 aromatic rings. The number of azo groups is 1. The molecule has 0 aromatic heterocycles. The Morgan fingerprint density at radius 2 is 0.789 bits per heavy atom. The van der Waals surface area contributed by atoms with Crippen molar-refractivity contribution in [2.24, 2.45) is 10.2 Å². The Hall–Kier alpha value is 11.2. The number of hydrogen-bond acceptors (Lipinski definition) is 2. The minimum Gasteiger partial charge on any atom is -0.493 e. The van der Waals surface area contributed by atoms with Crippen molar-refractivity contribution in [1.29, 1.82) is 5.41 Å². The topological polar surface area (TPSA) is 48.6 Å². The minimum atomic E-state index is 0. The third-order valence-electron chi connectivity index (χ3n) is 0.191. The van der Waals surface area contributed by atoms with Crippen LogP contribution in [0.5, 0.6) is 0 Å². The summed E-state index contributed by atoms with van der Waals surface area (Å²) in [5, 5.41) is 12.4. The molecule has 0 spiro atoms. The van der Waals surface area contributed by atoms with Gasteiger partial charge in [-0.15, -0.1) is 11.3 Å². The normalized spacial score (nSPS) is 2.74. The first-order chi connectivity index (χ1) is 2.91. The van der Waals surface area contributed by atoms with Gasteiger partial charge in [0.25, 0.3) is 0 Å². The van der Waals surface area contributed by atoms with Crippen molar-refractivity contribution in [2.45, 2.75) is 14.9 Å². The molecule has 0 bridgehead atoms. The summed E-state index contributed by atoms with van der Waals surface area (Å²) in [5.41, 5.74) is 0. The van der Waals surface area contributed by atoms with Crippen molar-refractivity contribution >= 4 is 6.34 Å². The van der Waals surface area contributed by atoms with Crippen LogP contribution >= 0.6 is 0 Å². The number of nitrogens with zero attached hydrogens (tertiary/aromatic N) is 2. The molecule has 81 valence electrons. The van der Waals surface area contributed by atoms with Gasteiger partial charge in [0.1, 0.15) is 6.34 Å². The molecule has 1 N–H and O–H groups in total. The summed E-state index contributed by atoms with van der Waals surface area (Å²) in [6.45, 7) is 4.73. The van der Waals surface area contributed by atoms with Crippen LogP contribution in [0.25, 0.3) is 0 Å². The molecule has 11 radical (unpaired) electrons. The smallest absolute Gasteiger partial charge is 0.129 e. The maximum atomic E-state index is 6.24. The second-order valence-electron chi connectivity index (χ2n) is 0.509. The minimum absolute atomic E-state index is 0. The van der Waals surface area contributed by atoms with E-state index in [-0.39, 0.29) is 375 Å². The van der Waals surface area contributed by atoms with Crippen LogP contribution in [0.4, 0.5) is 0 Å². The molecule has 0 saturated heterocycles. The van der Waals surface area contributed by atoms with Gasteiger partial charge in [-0.2, -0.15) is 5.11 Å². The summed E-state index contributed by atoms with van der Waals surface area (Å²) < 4.78 is 0. The molecule has 19 heavy (non-hydrogen) atoms. The largest absolute Gasteiger partial charge is 0.493 e. The Morgan fingerprint density at radius 3 is 0.842 bits per heavy atom. The van der Waals surface area contributed by atoms with Gasteiger partial charge in [0, 0.05) is 360 Å². The maximum Gasteiger partial charge on any atom is 0.129 e. The van der Waals surface area contributed by atoms with Gasteiger partial charge >= 0.3 is 0 Å². The summed E-state index contributed by atoms with van der Waals surface area (Å²) in [4.78, 5) is 0. The Kier molecular flexibility index (Phi) is 520. The summed E-state index contributed by atoms with van der Waals surface area (Å²) in [7, 11) is 0. The molecule has 0 atom stereocenters. The van der Waals surface area contributed by atoms with E-state index in [1.807, 2.05) is 0 Å². The van der Waals surface area contributed by atoms with Gasteiger partial charge in [0.2, 0.25) is 0 Å². The average Bonchev–Trinajstić information content (AvgIpc) is 1.61. The first kappa shape index (κ1) is 98.2. The van der Waals surface area contributed by atoms with Gasteiger partial charge in [-0.3, -0.25) is 5.41 Å². The van der Waals surface area contributed by atoms with E-state index >= 15 is 0 Å².